The van der Waals surface area contributed by atoms with Crippen LogP contribution in [0.5, 0.6) is 0 Å². The molecule has 3 rings (SSSR count). The molecule has 0 atom stereocenters. The number of nitrogens with one attached hydrogen (secondary N) is 3. The Morgan fingerprint density at radius 1 is 1.25 bits per heavy atom. The number of aryl methyl sites for hydroxylation is 1. The van der Waals surface area contributed by atoms with Crippen LogP contribution in [0.2, 0.25) is 0 Å². The number of H-pyrrole nitrogens is 1. The number of hydrogen-bond donors (Lipinski definition) is 3. The van der Waals surface area contributed by atoms with Crippen molar-refractivity contribution in [1.29, 1.82) is 0 Å². The molecule has 0 amide bonds. The summed E-state index contributed by atoms with van der Waals surface area (Å²) in [7, 11) is 1.76. The summed E-state index contributed by atoms with van der Waals surface area (Å²) in [6.45, 7) is 1.92. The predicted molar refractivity (Wildman–Crippen MR) is 77.9 cm³/mol. The molecule has 5 nitrogen and oxygen atoms in total. The molecule has 0 saturated carbocycles. The molecule has 1 aromatic carbocycles. The van der Waals surface area contributed by atoms with Gasteiger partial charge in [0.05, 0.1) is 5.52 Å². The SMILES string of the molecule is CNc1ncc(C)c(Nc2ccc(F)c3[nH]ccc23)n1. The monoisotopic (exact) mass is 271 g/mol. The van der Waals surface area contributed by atoms with Crippen molar-refractivity contribution in [3.8, 4) is 0 Å². The van der Waals surface area contributed by atoms with Gasteiger partial charge in [0.2, 0.25) is 5.95 Å². The molecule has 0 aliphatic carbocycles. The minimum Gasteiger partial charge on any atom is -0.359 e. The summed E-state index contributed by atoms with van der Waals surface area (Å²) in [6.07, 6.45) is 3.45. The Bertz CT molecular complexity index is 765. The van der Waals surface area contributed by atoms with E-state index in [1.54, 1.807) is 25.5 Å². The first-order valence-electron chi connectivity index (χ1n) is 6.23. The molecule has 6 heteroatoms. The van der Waals surface area contributed by atoms with E-state index in [0.717, 1.165) is 16.6 Å². The molecule has 20 heavy (non-hydrogen) atoms. The van der Waals surface area contributed by atoms with Gasteiger partial charge in [0.1, 0.15) is 11.6 Å². The summed E-state index contributed by atoms with van der Waals surface area (Å²) in [5.41, 5.74) is 2.19. The minimum atomic E-state index is -0.272. The minimum absolute atomic E-state index is 0.272. The summed E-state index contributed by atoms with van der Waals surface area (Å²) >= 11 is 0. The van der Waals surface area contributed by atoms with Gasteiger partial charge in [0, 0.05) is 36.1 Å². The van der Waals surface area contributed by atoms with E-state index in [1.165, 1.54) is 6.07 Å². The summed E-state index contributed by atoms with van der Waals surface area (Å²) in [5.74, 6) is 0.954. The molecule has 0 bridgehead atoms. The van der Waals surface area contributed by atoms with Crippen LogP contribution in [0.4, 0.5) is 21.8 Å². The maximum atomic E-state index is 13.6. The van der Waals surface area contributed by atoms with Crippen molar-refractivity contribution in [2.45, 2.75) is 6.92 Å². The molecule has 0 spiro atoms. The zero-order chi connectivity index (χ0) is 14.1. The maximum Gasteiger partial charge on any atom is 0.224 e. The van der Waals surface area contributed by atoms with Crippen molar-refractivity contribution in [2.24, 2.45) is 0 Å². The fourth-order valence-corrected chi connectivity index (χ4v) is 2.05. The second-order valence-electron chi connectivity index (χ2n) is 4.46. The van der Waals surface area contributed by atoms with Gasteiger partial charge in [-0.15, -0.1) is 0 Å². The highest BCUT2D eigenvalue weighted by molar-refractivity contribution is 5.93. The fraction of sp³-hybridized carbons (Fsp3) is 0.143. The standard InChI is InChI=1S/C14H14FN5/c1-8-7-18-14(16-2)20-13(8)19-11-4-3-10(15)12-9(11)5-6-17-12/h3-7,17H,1-2H3,(H2,16,18,19,20). The fourth-order valence-electron chi connectivity index (χ4n) is 2.05. The van der Waals surface area contributed by atoms with E-state index in [0.29, 0.717) is 17.3 Å². The first-order chi connectivity index (χ1) is 9.69. The van der Waals surface area contributed by atoms with E-state index < -0.39 is 0 Å². The normalized spacial score (nSPS) is 10.8. The highest BCUT2D eigenvalue weighted by atomic mass is 19.1. The van der Waals surface area contributed by atoms with E-state index in [-0.39, 0.29) is 5.82 Å². The zero-order valence-corrected chi connectivity index (χ0v) is 11.2. The van der Waals surface area contributed by atoms with Gasteiger partial charge in [0.15, 0.2) is 0 Å². The van der Waals surface area contributed by atoms with Crippen LogP contribution in [-0.4, -0.2) is 22.0 Å². The molecule has 0 unspecified atom stereocenters. The molecule has 2 aromatic heterocycles. The van der Waals surface area contributed by atoms with Crippen LogP contribution < -0.4 is 10.6 Å². The van der Waals surface area contributed by atoms with Gasteiger partial charge in [0.25, 0.3) is 0 Å². The molecule has 0 fully saturated rings. The Morgan fingerprint density at radius 3 is 2.90 bits per heavy atom. The average molecular weight is 271 g/mol. The topological polar surface area (TPSA) is 65.6 Å². The first kappa shape index (κ1) is 12.4. The Kier molecular flexibility index (Phi) is 2.98. The van der Waals surface area contributed by atoms with E-state index in [9.17, 15) is 4.39 Å². The molecule has 0 radical (unpaired) electrons. The van der Waals surface area contributed by atoms with Crippen molar-refractivity contribution in [2.75, 3.05) is 17.7 Å². The third-order valence-corrected chi connectivity index (χ3v) is 3.12. The molecular weight excluding hydrogens is 257 g/mol. The largest absolute Gasteiger partial charge is 0.359 e. The van der Waals surface area contributed by atoms with E-state index in [2.05, 4.69) is 25.6 Å². The Labute approximate surface area is 115 Å². The van der Waals surface area contributed by atoms with E-state index in [1.807, 2.05) is 13.0 Å². The number of fused-ring (bicyclic) bond motifs is 1. The van der Waals surface area contributed by atoms with Crippen LogP contribution in [0.3, 0.4) is 0 Å². The lowest BCUT2D eigenvalue weighted by Gasteiger charge is -2.11. The highest BCUT2D eigenvalue weighted by Crippen LogP contribution is 2.28. The first-order valence-corrected chi connectivity index (χ1v) is 6.23. The highest BCUT2D eigenvalue weighted by Gasteiger charge is 2.09. The van der Waals surface area contributed by atoms with Crippen molar-refractivity contribution in [3.05, 3.63) is 42.0 Å². The Hall–Kier alpha value is -2.63. The number of rotatable bonds is 3. The molecule has 0 aliphatic rings. The molecule has 3 N–H and O–H groups in total. The second-order valence-corrected chi connectivity index (χ2v) is 4.46. The predicted octanol–water partition coefficient (Wildman–Crippen LogP) is 3.19. The number of aromatic amines is 1. The van der Waals surface area contributed by atoms with Gasteiger partial charge < -0.3 is 15.6 Å². The average Bonchev–Trinajstić information content (AvgIpc) is 2.94. The molecule has 3 aromatic rings. The van der Waals surface area contributed by atoms with Crippen LogP contribution in [0.15, 0.2) is 30.6 Å². The summed E-state index contributed by atoms with van der Waals surface area (Å²) in [4.78, 5) is 11.4. The van der Waals surface area contributed by atoms with Crippen LogP contribution in [0, 0.1) is 12.7 Å². The third-order valence-electron chi connectivity index (χ3n) is 3.12. The number of nitrogens with zero attached hydrogens (tertiary/aromatic N) is 2. The summed E-state index contributed by atoms with van der Waals surface area (Å²) < 4.78 is 13.6. The van der Waals surface area contributed by atoms with Gasteiger partial charge >= 0.3 is 0 Å². The van der Waals surface area contributed by atoms with Crippen molar-refractivity contribution in [1.82, 2.24) is 15.0 Å². The van der Waals surface area contributed by atoms with Gasteiger partial charge in [-0.25, -0.2) is 9.37 Å². The van der Waals surface area contributed by atoms with Crippen molar-refractivity contribution >= 4 is 28.4 Å². The number of aromatic nitrogens is 3. The number of hydrogen-bond acceptors (Lipinski definition) is 4. The number of benzene rings is 1. The van der Waals surface area contributed by atoms with Crippen LogP contribution in [0.25, 0.3) is 10.9 Å². The van der Waals surface area contributed by atoms with Crippen LogP contribution >= 0.6 is 0 Å². The smallest absolute Gasteiger partial charge is 0.224 e. The zero-order valence-electron chi connectivity index (χ0n) is 11.2. The van der Waals surface area contributed by atoms with Crippen molar-refractivity contribution < 1.29 is 4.39 Å². The number of halogens is 1. The lowest BCUT2D eigenvalue weighted by molar-refractivity contribution is 0.637. The molecule has 102 valence electrons. The Morgan fingerprint density at radius 2 is 2.10 bits per heavy atom. The van der Waals surface area contributed by atoms with Gasteiger partial charge in [-0.05, 0) is 25.1 Å². The van der Waals surface area contributed by atoms with Gasteiger partial charge in [-0.1, -0.05) is 0 Å². The summed E-state index contributed by atoms with van der Waals surface area (Å²) in [6, 6.07) is 4.96. The van der Waals surface area contributed by atoms with Gasteiger partial charge in [-0.2, -0.15) is 4.98 Å². The quantitative estimate of drug-likeness (QED) is 0.684. The van der Waals surface area contributed by atoms with Crippen molar-refractivity contribution in [3.63, 3.8) is 0 Å². The second kappa shape index (κ2) is 4.80. The van der Waals surface area contributed by atoms with Gasteiger partial charge in [-0.3, -0.25) is 0 Å². The molecule has 0 saturated heterocycles. The van der Waals surface area contributed by atoms with E-state index in [4.69, 9.17) is 0 Å². The molecular formula is C14H14FN5. The van der Waals surface area contributed by atoms with Crippen LogP contribution in [0.1, 0.15) is 5.56 Å². The number of anilines is 3. The molecule has 2 heterocycles. The lowest BCUT2D eigenvalue weighted by atomic mass is 10.2. The maximum absolute atomic E-state index is 13.6. The summed E-state index contributed by atoms with van der Waals surface area (Å²) in [5, 5.41) is 6.90. The van der Waals surface area contributed by atoms with Crippen LogP contribution in [-0.2, 0) is 0 Å². The lowest BCUT2D eigenvalue weighted by Crippen LogP contribution is -2.02. The van der Waals surface area contributed by atoms with E-state index >= 15 is 0 Å². The third kappa shape index (κ3) is 2.05. The Balaban J connectivity index is 2.05. The molecule has 0 aliphatic heterocycles.